The lowest BCUT2D eigenvalue weighted by Crippen LogP contribution is -2.09. The molecule has 0 bridgehead atoms. The van der Waals surface area contributed by atoms with Gasteiger partial charge in [0.25, 0.3) is 0 Å². The summed E-state index contributed by atoms with van der Waals surface area (Å²) in [6.45, 7) is 5.31. The van der Waals surface area contributed by atoms with Gasteiger partial charge in [0.2, 0.25) is 0 Å². The summed E-state index contributed by atoms with van der Waals surface area (Å²) in [4.78, 5) is 23.2. The van der Waals surface area contributed by atoms with Crippen LogP contribution in [0.5, 0.6) is 0 Å². The maximum Gasteiger partial charge on any atom is 0.352 e. The molecule has 0 amide bonds. The van der Waals surface area contributed by atoms with Gasteiger partial charge in [-0.25, -0.2) is 9.59 Å². The van der Waals surface area contributed by atoms with Crippen LogP contribution in [-0.2, 0) is 13.1 Å². The predicted octanol–water partition coefficient (Wildman–Crippen LogP) is 9.82. The zero-order valence-corrected chi connectivity index (χ0v) is 26.9. The van der Waals surface area contributed by atoms with E-state index >= 15 is 0 Å². The molecule has 0 radical (unpaired) electrons. The number of aryl methyl sites for hydroxylation is 2. The molecule has 8 heteroatoms. The van der Waals surface area contributed by atoms with E-state index in [9.17, 15) is 19.8 Å². The van der Waals surface area contributed by atoms with Crippen molar-refractivity contribution >= 4 is 76.6 Å². The van der Waals surface area contributed by atoms with Crippen LogP contribution in [0, 0.1) is 13.8 Å². The van der Waals surface area contributed by atoms with Gasteiger partial charge in [0.05, 0.1) is 0 Å². The largest absolute Gasteiger partial charge is 0.477 e. The molecular weight excluding hydrogens is 613 g/mol. The summed E-state index contributed by atoms with van der Waals surface area (Å²) >= 11 is 3.44. The molecule has 0 aliphatic carbocycles. The zero-order chi connectivity index (χ0) is 31.9. The van der Waals surface area contributed by atoms with Crippen LogP contribution in [0.4, 0.5) is 0 Å². The number of hydrogen-bond donors (Lipinski definition) is 2. The average Bonchev–Trinajstić information content (AvgIpc) is 3.82. The van der Waals surface area contributed by atoms with Crippen LogP contribution in [0.15, 0.2) is 108 Å². The molecule has 4 aromatic heterocycles. The Labute approximate surface area is 273 Å². The fourth-order valence-electron chi connectivity index (χ4n) is 6.09. The molecule has 8 rings (SSSR count). The maximum absolute atomic E-state index is 11.6. The fraction of sp³-hybridized carbons (Fsp3) is 0.105. The number of aromatic carboxylic acids is 2. The van der Waals surface area contributed by atoms with Crippen LogP contribution in [0.2, 0.25) is 0 Å². The van der Waals surface area contributed by atoms with Crippen molar-refractivity contribution < 1.29 is 19.8 Å². The van der Waals surface area contributed by atoms with E-state index in [1.54, 1.807) is 34.8 Å². The Balaban J connectivity index is 0.000000147. The number of carboxylic acid groups (broad SMARTS) is 2. The second-order valence-electron chi connectivity index (χ2n) is 11.5. The van der Waals surface area contributed by atoms with Crippen molar-refractivity contribution in [2.45, 2.75) is 26.9 Å². The van der Waals surface area contributed by atoms with E-state index in [1.807, 2.05) is 57.7 Å². The van der Waals surface area contributed by atoms with Crippen molar-refractivity contribution in [3.05, 3.63) is 141 Å². The quantitative estimate of drug-likeness (QED) is 0.189. The summed E-state index contributed by atoms with van der Waals surface area (Å²) < 4.78 is 6.27. The van der Waals surface area contributed by atoms with E-state index < -0.39 is 11.9 Å². The fourth-order valence-corrected chi connectivity index (χ4v) is 7.95. The highest BCUT2D eigenvalue weighted by Crippen LogP contribution is 2.30. The van der Waals surface area contributed by atoms with E-state index in [2.05, 4.69) is 61.0 Å². The monoisotopic (exact) mass is 642 g/mol. The lowest BCUT2D eigenvalue weighted by atomic mass is 10.1. The molecule has 0 atom stereocenters. The van der Waals surface area contributed by atoms with Crippen molar-refractivity contribution in [3.63, 3.8) is 0 Å². The minimum atomic E-state index is -0.894. The number of benzene rings is 4. The number of carboxylic acids is 2. The highest BCUT2D eigenvalue weighted by atomic mass is 32.1. The predicted molar refractivity (Wildman–Crippen MR) is 189 cm³/mol. The molecule has 0 aliphatic heterocycles. The molecule has 0 saturated heterocycles. The third-order valence-corrected chi connectivity index (χ3v) is 10.5. The van der Waals surface area contributed by atoms with Crippen LogP contribution in [-0.4, -0.2) is 31.3 Å². The topological polar surface area (TPSA) is 84.5 Å². The van der Waals surface area contributed by atoms with Crippen LogP contribution < -0.4 is 0 Å². The van der Waals surface area contributed by atoms with Gasteiger partial charge in [0, 0.05) is 44.3 Å². The first-order valence-electron chi connectivity index (χ1n) is 14.8. The van der Waals surface area contributed by atoms with E-state index in [0.29, 0.717) is 24.5 Å². The van der Waals surface area contributed by atoms with Gasteiger partial charge in [-0.1, -0.05) is 60.2 Å². The SMILES string of the molecule is Cc1ccc2scc(Cn3c(C(=O)O)cc4ccccc43)c2c1.Cc1csc2ccc(Cn3c(C(=O)O)cc4ccccc43)cc12. The lowest BCUT2D eigenvalue weighted by molar-refractivity contribution is 0.0675. The number of carbonyl (C=O) groups is 2. The average molecular weight is 643 g/mol. The molecule has 4 aromatic carbocycles. The van der Waals surface area contributed by atoms with Gasteiger partial charge >= 0.3 is 11.9 Å². The lowest BCUT2D eigenvalue weighted by Gasteiger charge is -2.09. The molecular formula is C38H30N2O4S2. The summed E-state index contributed by atoms with van der Waals surface area (Å²) in [7, 11) is 0. The highest BCUT2D eigenvalue weighted by Gasteiger charge is 2.17. The van der Waals surface area contributed by atoms with Gasteiger partial charge in [0.1, 0.15) is 11.4 Å². The minimum absolute atomic E-state index is 0.327. The number of para-hydroxylation sites is 2. The maximum atomic E-state index is 11.6. The minimum Gasteiger partial charge on any atom is -0.477 e. The van der Waals surface area contributed by atoms with E-state index in [0.717, 1.165) is 32.9 Å². The molecule has 0 saturated carbocycles. The molecule has 0 fully saturated rings. The highest BCUT2D eigenvalue weighted by molar-refractivity contribution is 7.17. The summed E-state index contributed by atoms with van der Waals surface area (Å²) in [5, 5.41) is 27.7. The Morgan fingerprint density at radius 1 is 0.630 bits per heavy atom. The first-order valence-corrected chi connectivity index (χ1v) is 16.6. The number of aromatic nitrogens is 2. The second-order valence-corrected chi connectivity index (χ2v) is 13.3. The molecule has 2 N–H and O–H groups in total. The van der Waals surface area contributed by atoms with Gasteiger partial charge in [-0.2, -0.15) is 0 Å². The Bertz CT molecular complexity index is 2420. The van der Waals surface area contributed by atoms with Crippen molar-refractivity contribution in [1.82, 2.24) is 9.13 Å². The Morgan fingerprint density at radius 2 is 1.20 bits per heavy atom. The Hall–Kier alpha value is -5.18. The molecule has 4 heterocycles. The first kappa shape index (κ1) is 29.5. The van der Waals surface area contributed by atoms with Gasteiger partial charge in [0.15, 0.2) is 0 Å². The normalized spacial score (nSPS) is 11.3. The zero-order valence-electron chi connectivity index (χ0n) is 25.2. The standard InChI is InChI=1S/2C19H15NO2S/c1-12-11-23-18-7-6-13(8-15(12)18)10-20-16-5-3-2-4-14(16)9-17(20)19(21)22;1-12-6-7-18-15(8-12)14(11-23-18)10-20-16-5-3-2-4-13(16)9-17(20)19(21)22/h2*2-9,11H,10H2,1H3,(H,21,22). The molecule has 228 valence electrons. The van der Waals surface area contributed by atoms with Crippen molar-refractivity contribution in [3.8, 4) is 0 Å². The van der Waals surface area contributed by atoms with Crippen molar-refractivity contribution in [2.24, 2.45) is 0 Å². The second kappa shape index (κ2) is 12.0. The van der Waals surface area contributed by atoms with E-state index in [1.165, 1.54) is 31.3 Å². The molecule has 6 nitrogen and oxygen atoms in total. The van der Waals surface area contributed by atoms with Crippen molar-refractivity contribution in [2.75, 3.05) is 0 Å². The number of rotatable bonds is 6. The van der Waals surface area contributed by atoms with Gasteiger partial charge < -0.3 is 19.3 Å². The molecule has 46 heavy (non-hydrogen) atoms. The van der Waals surface area contributed by atoms with Gasteiger partial charge in [-0.05, 0) is 94.5 Å². The van der Waals surface area contributed by atoms with E-state index in [4.69, 9.17) is 0 Å². The molecule has 0 spiro atoms. The van der Waals surface area contributed by atoms with Crippen LogP contribution in [0.1, 0.15) is 43.2 Å². The van der Waals surface area contributed by atoms with E-state index in [-0.39, 0.29) is 0 Å². The van der Waals surface area contributed by atoms with Gasteiger partial charge in [-0.15, -0.1) is 22.7 Å². The van der Waals surface area contributed by atoms with Crippen LogP contribution in [0.25, 0.3) is 42.0 Å². The van der Waals surface area contributed by atoms with Crippen LogP contribution >= 0.6 is 22.7 Å². The van der Waals surface area contributed by atoms with Crippen molar-refractivity contribution in [1.29, 1.82) is 0 Å². The van der Waals surface area contributed by atoms with Crippen LogP contribution in [0.3, 0.4) is 0 Å². The third-order valence-electron chi connectivity index (χ3n) is 8.37. The summed E-state index contributed by atoms with van der Waals surface area (Å²) in [6.07, 6.45) is 0. The summed E-state index contributed by atoms with van der Waals surface area (Å²) in [5.74, 6) is -1.79. The van der Waals surface area contributed by atoms with Gasteiger partial charge in [-0.3, -0.25) is 0 Å². The summed E-state index contributed by atoms with van der Waals surface area (Å²) in [6, 6.07) is 31.9. The Morgan fingerprint density at radius 3 is 1.85 bits per heavy atom. The third kappa shape index (κ3) is 5.46. The number of hydrogen-bond acceptors (Lipinski definition) is 4. The first-order chi connectivity index (χ1) is 22.3. The molecule has 0 unspecified atom stereocenters. The number of nitrogens with zero attached hydrogens (tertiary/aromatic N) is 2. The number of fused-ring (bicyclic) bond motifs is 4. The Kier molecular flexibility index (Phi) is 7.68. The smallest absolute Gasteiger partial charge is 0.352 e. The summed E-state index contributed by atoms with van der Waals surface area (Å²) in [5.41, 5.74) is 7.33. The number of thiophene rings is 2. The molecule has 0 aliphatic rings. The molecule has 8 aromatic rings.